The molecule has 112 valence electrons. The zero-order valence-corrected chi connectivity index (χ0v) is 12.4. The van der Waals surface area contributed by atoms with E-state index in [1.807, 2.05) is 12.1 Å². The first-order chi connectivity index (χ1) is 10.2. The van der Waals surface area contributed by atoms with E-state index in [-0.39, 0.29) is 18.6 Å². The van der Waals surface area contributed by atoms with Crippen LogP contribution in [0.5, 0.6) is 0 Å². The van der Waals surface area contributed by atoms with Crippen LogP contribution in [0.3, 0.4) is 0 Å². The van der Waals surface area contributed by atoms with E-state index < -0.39 is 0 Å². The lowest BCUT2D eigenvalue weighted by atomic mass is 10.1. The lowest BCUT2D eigenvalue weighted by molar-refractivity contribution is -0.125. The first-order valence-corrected chi connectivity index (χ1v) is 7.39. The minimum atomic E-state index is -0.000905. The summed E-state index contributed by atoms with van der Waals surface area (Å²) in [5.74, 6) is 6.04. The smallest absolute Gasteiger partial charge is 0.237 e. The molecule has 21 heavy (non-hydrogen) atoms. The molecule has 0 bridgehead atoms. The monoisotopic (exact) mass is 286 g/mol. The number of hydrogen-bond acceptors (Lipinski definition) is 3. The van der Waals surface area contributed by atoms with Gasteiger partial charge in [-0.15, -0.1) is 0 Å². The van der Waals surface area contributed by atoms with Crippen LogP contribution in [0.4, 0.5) is 0 Å². The van der Waals surface area contributed by atoms with Crippen LogP contribution in [0, 0.1) is 11.8 Å². The summed E-state index contributed by atoms with van der Waals surface area (Å²) in [6.07, 6.45) is 2.51. The Labute approximate surface area is 126 Å². The third-order valence-corrected chi connectivity index (χ3v) is 3.72. The lowest BCUT2D eigenvalue weighted by Gasteiger charge is -2.23. The van der Waals surface area contributed by atoms with Gasteiger partial charge in [0.15, 0.2) is 0 Å². The fourth-order valence-electron chi connectivity index (χ4n) is 2.63. The molecule has 1 unspecified atom stereocenters. The van der Waals surface area contributed by atoms with E-state index in [9.17, 15) is 4.79 Å². The molecule has 0 spiro atoms. The Bertz CT molecular complexity index is 528. The topological polar surface area (TPSA) is 52.6 Å². The molecule has 1 aliphatic rings. The van der Waals surface area contributed by atoms with Crippen molar-refractivity contribution in [1.29, 1.82) is 0 Å². The van der Waals surface area contributed by atoms with Crippen molar-refractivity contribution in [3.05, 3.63) is 35.4 Å². The van der Waals surface area contributed by atoms with Crippen LogP contribution in [0.1, 0.15) is 30.4 Å². The van der Waals surface area contributed by atoms with Crippen LogP contribution >= 0.6 is 0 Å². The minimum Gasteiger partial charge on any atom is -0.395 e. The third kappa shape index (κ3) is 4.32. The maximum Gasteiger partial charge on any atom is 0.237 e. The highest BCUT2D eigenvalue weighted by Gasteiger charge is 2.29. The van der Waals surface area contributed by atoms with E-state index in [2.05, 4.69) is 34.2 Å². The number of rotatable bonds is 4. The minimum absolute atomic E-state index is 0.000905. The molecule has 1 atom stereocenters. The Morgan fingerprint density at radius 1 is 1.43 bits per heavy atom. The predicted octanol–water partition coefficient (Wildman–Crippen LogP) is 1.13. The molecule has 0 radical (unpaired) electrons. The molecule has 1 heterocycles. The molecule has 1 aliphatic heterocycles. The van der Waals surface area contributed by atoms with Gasteiger partial charge in [-0.25, -0.2) is 0 Å². The highest BCUT2D eigenvalue weighted by atomic mass is 16.2. The fourth-order valence-corrected chi connectivity index (χ4v) is 2.63. The summed E-state index contributed by atoms with van der Waals surface area (Å²) in [4.78, 5) is 14.1. The number of aliphatic hydroxyl groups excluding tert-OH is 1. The zero-order valence-electron chi connectivity index (χ0n) is 12.4. The molecule has 4 heteroatoms. The van der Waals surface area contributed by atoms with E-state index in [4.69, 9.17) is 5.11 Å². The van der Waals surface area contributed by atoms with Crippen molar-refractivity contribution >= 4 is 5.91 Å². The summed E-state index contributed by atoms with van der Waals surface area (Å²) in [6.45, 7) is 1.86. The summed E-state index contributed by atoms with van der Waals surface area (Å²) in [6, 6.07) is 8.10. The number of nitrogens with one attached hydrogen (secondary N) is 1. The molecule has 1 aromatic rings. The van der Waals surface area contributed by atoms with Gasteiger partial charge < -0.3 is 10.4 Å². The van der Waals surface area contributed by atoms with Gasteiger partial charge in [0, 0.05) is 25.6 Å². The number of aliphatic hydroxyl groups is 1. The second-order valence-electron chi connectivity index (χ2n) is 5.22. The molecule has 2 N–H and O–H groups in total. The van der Waals surface area contributed by atoms with Gasteiger partial charge in [0.2, 0.25) is 5.91 Å². The van der Waals surface area contributed by atoms with Crippen LogP contribution in [0.2, 0.25) is 0 Å². The maximum atomic E-state index is 11.8. The summed E-state index contributed by atoms with van der Waals surface area (Å²) in [5, 5.41) is 11.4. The summed E-state index contributed by atoms with van der Waals surface area (Å²) in [5.41, 5.74) is 2.15. The number of benzene rings is 1. The number of amides is 1. The summed E-state index contributed by atoms with van der Waals surface area (Å²) >= 11 is 0. The zero-order chi connectivity index (χ0) is 15.1. The molecular weight excluding hydrogens is 264 g/mol. The Balaban J connectivity index is 1.97. The Morgan fingerprint density at radius 3 is 2.86 bits per heavy atom. The van der Waals surface area contributed by atoms with E-state index in [1.165, 1.54) is 5.56 Å². The van der Waals surface area contributed by atoms with E-state index >= 15 is 0 Å². The van der Waals surface area contributed by atoms with Crippen molar-refractivity contribution in [2.24, 2.45) is 0 Å². The van der Waals surface area contributed by atoms with Crippen LogP contribution in [-0.4, -0.2) is 42.2 Å². The molecule has 0 saturated carbocycles. The number of nitrogens with zero attached hydrogens (tertiary/aromatic N) is 1. The first kappa shape index (κ1) is 15.6. The van der Waals surface area contributed by atoms with E-state index in [1.54, 1.807) is 7.05 Å². The molecule has 1 saturated heterocycles. The Kier molecular flexibility index (Phi) is 5.79. The van der Waals surface area contributed by atoms with Gasteiger partial charge in [-0.05, 0) is 37.1 Å². The molecule has 2 rings (SSSR count). The van der Waals surface area contributed by atoms with Gasteiger partial charge >= 0.3 is 0 Å². The van der Waals surface area contributed by atoms with Crippen molar-refractivity contribution < 1.29 is 9.90 Å². The average Bonchev–Trinajstić information content (AvgIpc) is 2.96. The molecule has 0 aliphatic carbocycles. The van der Waals surface area contributed by atoms with E-state index in [0.717, 1.165) is 31.5 Å². The van der Waals surface area contributed by atoms with Gasteiger partial charge in [0.05, 0.1) is 12.6 Å². The fraction of sp³-hybridized carbons (Fsp3) is 0.471. The highest BCUT2D eigenvalue weighted by molar-refractivity contribution is 5.81. The SMILES string of the molecule is CNC(=O)C1CCCN1Cc1ccc(C#CCCO)cc1. The van der Waals surface area contributed by atoms with Crippen LogP contribution < -0.4 is 5.32 Å². The van der Waals surface area contributed by atoms with Gasteiger partial charge in [-0.3, -0.25) is 9.69 Å². The van der Waals surface area contributed by atoms with Crippen LogP contribution in [0.25, 0.3) is 0 Å². The third-order valence-electron chi connectivity index (χ3n) is 3.72. The van der Waals surface area contributed by atoms with Crippen molar-refractivity contribution in [3.8, 4) is 11.8 Å². The maximum absolute atomic E-state index is 11.8. The average molecular weight is 286 g/mol. The quantitative estimate of drug-likeness (QED) is 0.816. The normalized spacial score (nSPS) is 18.1. The Morgan fingerprint density at radius 2 is 2.19 bits per heavy atom. The summed E-state index contributed by atoms with van der Waals surface area (Å²) in [7, 11) is 1.69. The Hall–Kier alpha value is -1.83. The predicted molar refractivity (Wildman–Crippen MR) is 82.5 cm³/mol. The molecule has 4 nitrogen and oxygen atoms in total. The number of likely N-dealkylation sites (tertiary alicyclic amines) is 1. The number of carbonyl (C=O) groups is 1. The molecular formula is C17H22N2O2. The van der Waals surface area contributed by atoms with Gasteiger partial charge in [0.25, 0.3) is 0 Å². The van der Waals surface area contributed by atoms with Gasteiger partial charge in [-0.2, -0.15) is 0 Å². The van der Waals surface area contributed by atoms with Crippen LogP contribution in [0.15, 0.2) is 24.3 Å². The number of carbonyl (C=O) groups excluding carboxylic acids is 1. The number of likely N-dealkylation sites (N-methyl/N-ethyl adjacent to an activating group) is 1. The number of hydrogen-bond donors (Lipinski definition) is 2. The molecule has 1 fully saturated rings. The standard InChI is InChI=1S/C17H22N2O2/c1-18-17(21)16-6-4-11-19(16)13-15-9-7-14(8-10-15)5-2-3-12-20/h7-10,16,20H,3-4,6,11-13H2,1H3,(H,18,21). The van der Waals surface area contributed by atoms with Crippen molar-refractivity contribution in [2.45, 2.75) is 31.8 Å². The second-order valence-corrected chi connectivity index (χ2v) is 5.22. The van der Waals surface area contributed by atoms with Crippen molar-refractivity contribution in [3.63, 3.8) is 0 Å². The van der Waals surface area contributed by atoms with Gasteiger partial charge in [0.1, 0.15) is 0 Å². The van der Waals surface area contributed by atoms with E-state index in [0.29, 0.717) is 6.42 Å². The second kappa shape index (κ2) is 7.82. The molecule has 0 aromatic heterocycles. The lowest BCUT2D eigenvalue weighted by Crippen LogP contribution is -2.41. The summed E-state index contributed by atoms with van der Waals surface area (Å²) < 4.78 is 0. The van der Waals surface area contributed by atoms with Gasteiger partial charge in [-0.1, -0.05) is 24.0 Å². The first-order valence-electron chi connectivity index (χ1n) is 7.39. The molecule has 1 amide bonds. The largest absolute Gasteiger partial charge is 0.395 e. The van der Waals surface area contributed by atoms with Crippen molar-refractivity contribution in [2.75, 3.05) is 20.2 Å². The highest BCUT2D eigenvalue weighted by Crippen LogP contribution is 2.20. The van der Waals surface area contributed by atoms with Crippen molar-refractivity contribution in [1.82, 2.24) is 10.2 Å². The van der Waals surface area contributed by atoms with Crippen LogP contribution in [-0.2, 0) is 11.3 Å². The molecule has 1 aromatic carbocycles.